The molecule has 1 aliphatic rings. The fourth-order valence-electron chi connectivity index (χ4n) is 1.94. The van der Waals surface area contributed by atoms with E-state index in [-0.39, 0.29) is 6.04 Å². The Morgan fingerprint density at radius 2 is 2.33 bits per heavy atom. The number of aliphatic carboxylic acids is 1. The van der Waals surface area contributed by atoms with Gasteiger partial charge in [0.25, 0.3) is 0 Å². The van der Waals surface area contributed by atoms with Crippen molar-refractivity contribution in [3.8, 4) is 0 Å². The molecule has 15 heavy (non-hydrogen) atoms. The van der Waals surface area contributed by atoms with E-state index in [4.69, 9.17) is 10.8 Å². The van der Waals surface area contributed by atoms with Gasteiger partial charge >= 0.3 is 5.97 Å². The number of carboxylic acid groups (broad SMARTS) is 1. The summed E-state index contributed by atoms with van der Waals surface area (Å²) in [5.74, 6) is -0.924. The predicted molar refractivity (Wildman–Crippen MR) is 58.4 cm³/mol. The number of carboxylic acids is 1. The molecule has 0 saturated carbocycles. The minimum atomic E-state index is -0.924. The highest BCUT2D eigenvalue weighted by Gasteiger charge is 2.18. The highest BCUT2D eigenvalue weighted by atomic mass is 16.4. The molecule has 0 radical (unpaired) electrons. The normalized spacial score (nSPS) is 19.4. The number of rotatable bonds is 2. The SMILES string of the molecule is NC1CCc2cc(/C=C/C(=O)O)ccc21. The Morgan fingerprint density at radius 3 is 3.07 bits per heavy atom. The van der Waals surface area contributed by atoms with Crippen LogP contribution in [-0.2, 0) is 11.2 Å². The van der Waals surface area contributed by atoms with Crippen molar-refractivity contribution in [3.05, 3.63) is 41.0 Å². The van der Waals surface area contributed by atoms with Crippen molar-refractivity contribution in [1.82, 2.24) is 0 Å². The summed E-state index contributed by atoms with van der Waals surface area (Å²) in [6.07, 6.45) is 4.73. The second-order valence-corrected chi connectivity index (χ2v) is 3.77. The van der Waals surface area contributed by atoms with Crippen LogP contribution in [0.3, 0.4) is 0 Å². The molecule has 3 heteroatoms. The van der Waals surface area contributed by atoms with Gasteiger partial charge in [-0.3, -0.25) is 0 Å². The van der Waals surface area contributed by atoms with Crippen LogP contribution < -0.4 is 5.73 Å². The Kier molecular flexibility index (Phi) is 2.56. The summed E-state index contributed by atoms with van der Waals surface area (Å²) >= 11 is 0. The van der Waals surface area contributed by atoms with Gasteiger partial charge in [0.15, 0.2) is 0 Å². The number of benzene rings is 1. The molecule has 0 aromatic heterocycles. The fraction of sp³-hybridized carbons (Fsp3) is 0.250. The first-order valence-electron chi connectivity index (χ1n) is 4.96. The van der Waals surface area contributed by atoms with E-state index in [9.17, 15) is 4.79 Å². The number of nitrogens with two attached hydrogens (primary N) is 1. The molecule has 1 aliphatic carbocycles. The molecule has 0 bridgehead atoms. The van der Waals surface area contributed by atoms with Gasteiger partial charge in [-0.25, -0.2) is 4.79 Å². The number of hydrogen-bond acceptors (Lipinski definition) is 2. The van der Waals surface area contributed by atoms with Gasteiger partial charge in [-0.05, 0) is 35.6 Å². The third kappa shape index (κ3) is 2.07. The maximum Gasteiger partial charge on any atom is 0.328 e. The summed E-state index contributed by atoms with van der Waals surface area (Å²) in [4.78, 5) is 10.4. The van der Waals surface area contributed by atoms with E-state index < -0.39 is 5.97 Å². The highest BCUT2D eigenvalue weighted by Crippen LogP contribution is 2.29. The molecule has 3 nitrogen and oxygen atoms in total. The maximum absolute atomic E-state index is 10.4. The van der Waals surface area contributed by atoms with Crippen LogP contribution in [0, 0.1) is 0 Å². The molecule has 1 aromatic rings. The molecule has 0 aliphatic heterocycles. The van der Waals surface area contributed by atoms with Gasteiger partial charge in [-0.1, -0.05) is 18.2 Å². The molecule has 0 spiro atoms. The summed E-state index contributed by atoms with van der Waals surface area (Å²) in [5.41, 5.74) is 9.27. The van der Waals surface area contributed by atoms with Crippen LogP contribution in [0.5, 0.6) is 0 Å². The largest absolute Gasteiger partial charge is 0.478 e. The predicted octanol–water partition coefficient (Wildman–Crippen LogP) is 1.73. The quantitative estimate of drug-likeness (QED) is 0.719. The lowest BCUT2D eigenvalue weighted by molar-refractivity contribution is -0.131. The molecule has 3 N–H and O–H groups in total. The first kappa shape index (κ1) is 9.93. The average molecular weight is 203 g/mol. The van der Waals surface area contributed by atoms with Crippen molar-refractivity contribution < 1.29 is 9.90 Å². The molecule has 1 atom stereocenters. The van der Waals surface area contributed by atoms with E-state index in [0.29, 0.717) is 0 Å². The number of hydrogen-bond donors (Lipinski definition) is 2. The van der Waals surface area contributed by atoms with Crippen LogP contribution >= 0.6 is 0 Å². The smallest absolute Gasteiger partial charge is 0.328 e. The minimum Gasteiger partial charge on any atom is -0.478 e. The third-order valence-corrected chi connectivity index (χ3v) is 2.71. The second kappa shape index (κ2) is 3.87. The molecule has 0 fully saturated rings. The van der Waals surface area contributed by atoms with Crippen LogP contribution in [0.15, 0.2) is 24.3 Å². The fourth-order valence-corrected chi connectivity index (χ4v) is 1.94. The molecule has 0 heterocycles. The van der Waals surface area contributed by atoms with Crippen LogP contribution in [-0.4, -0.2) is 11.1 Å². The molecule has 78 valence electrons. The van der Waals surface area contributed by atoms with Gasteiger partial charge in [0.1, 0.15) is 0 Å². The lowest BCUT2D eigenvalue weighted by Crippen LogP contribution is -2.04. The Morgan fingerprint density at radius 1 is 1.53 bits per heavy atom. The molecule has 1 unspecified atom stereocenters. The zero-order valence-electron chi connectivity index (χ0n) is 8.31. The van der Waals surface area contributed by atoms with Gasteiger partial charge in [0.2, 0.25) is 0 Å². The summed E-state index contributed by atoms with van der Waals surface area (Å²) in [6, 6.07) is 6.07. The first-order chi connectivity index (χ1) is 7.16. The Labute approximate surface area is 88.2 Å². The first-order valence-corrected chi connectivity index (χ1v) is 4.96. The van der Waals surface area contributed by atoms with Gasteiger partial charge in [-0.15, -0.1) is 0 Å². The lowest BCUT2D eigenvalue weighted by atomic mass is 10.0. The topological polar surface area (TPSA) is 63.3 Å². The summed E-state index contributed by atoms with van der Waals surface area (Å²) in [7, 11) is 0. The molecule has 1 aromatic carbocycles. The van der Waals surface area contributed by atoms with Crippen LogP contribution in [0.25, 0.3) is 6.08 Å². The number of fused-ring (bicyclic) bond motifs is 1. The summed E-state index contributed by atoms with van der Waals surface area (Å²) in [6.45, 7) is 0. The highest BCUT2D eigenvalue weighted by molar-refractivity contribution is 5.85. The molecule has 0 saturated heterocycles. The van der Waals surface area contributed by atoms with Crippen LogP contribution in [0.4, 0.5) is 0 Å². The summed E-state index contributed by atoms with van der Waals surface area (Å²) < 4.78 is 0. The molecular weight excluding hydrogens is 190 g/mol. The van der Waals surface area contributed by atoms with Gasteiger partial charge in [0.05, 0.1) is 0 Å². The molecule has 2 rings (SSSR count). The van der Waals surface area contributed by atoms with E-state index in [1.54, 1.807) is 6.08 Å². The van der Waals surface area contributed by atoms with E-state index in [1.165, 1.54) is 11.1 Å². The molecular formula is C12H13NO2. The zero-order valence-corrected chi connectivity index (χ0v) is 8.31. The van der Waals surface area contributed by atoms with Gasteiger partial charge < -0.3 is 10.8 Å². The Balaban J connectivity index is 2.27. The van der Waals surface area contributed by atoms with E-state index in [0.717, 1.165) is 24.5 Å². The van der Waals surface area contributed by atoms with Crippen molar-refractivity contribution in [3.63, 3.8) is 0 Å². The van der Waals surface area contributed by atoms with Crippen molar-refractivity contribution in [2.45, 2.75) is 18.9 Å². The molecule has 0 amide bonds. The standard InChI is InChI=1S/C12H13NO2/c13-11-5-3-9-7-8(1-4-10(9)11)2-6-12(14)15/h1-2,4,6-7,11H,3,5,13H2,(H,14,15)/b6-2+. The second-order valence-electron chi connectivity index (χ2n) is 3.77. The summed E-state index contributed by atoms with van der Waals surface area (Å²) in [5, 5.41) is 8.50. The van der Waals surface area contributed by atoms with Gasteiger partial charge in [0, 0.05) is 12.1 Å². The van der Waals surface area contributed by atoms with E-state index in [1.807, 2.05) is 18.2 Å². The average Bonchev–Trinajstić information content (AvgIpc) is 2.57. The van der Waals surface area contributed by atoms with E-state index >= 15 is 0 Å². The van der Waals surface area contributed by atoms with Crippen molar-refractivity contribution in [1.29, 1.82) is 0 Å². The zero-order chi connectivity index (χ0) is 10.8. The number of aryl methyl sites for hydroxylation is 1. The maximum atomic E-state index is 10.4. The van der Waals surface area contributed by atoms with Crippen LogP contribution in [0.1, 0.15) is 29.2 Å². The van der Waals surface area contributed by atoms with Crippen LogP contribution in [0.2, 0.25) is 0 Å². The lowest BCUT2D eigenvalue weighted by Gasteiger charge is -2.04. The van der Waals surface area contributed by atoms with E-state index in [2.05, 4.69) is 0 Å². The van der Waals surface area contributed by atoms with Crippen molar-refractivity contribution in [2.24, 2.45) is 5.73 Å². The van der Waals surface area contributed by atoms with Crippen molar-refractivity contribution in [2.75, 3.05) is 0 Å². The van der Waals surface area contributed by atoms with Gasteiger partial charge in [-0.2, -0.15) is 0 Å². The minimum absolute atomic E-state index is 0.150. The third-order valence-electron chi connectivity index (χ3n) is 2.71. The monoisotopic (exact) mass is 203 g/mol. The Bertz CT molecular complexity index is 424. The number of carbonyl (C=O) groups is 1. The Hall–Kier alpha value is -1.61. The van der Waals surface area contributed by atoms with Crippen molar-refractivity contribution >= 4 is 12.0 Å².